The molecule has 25 heavy (non-hydrogen) atoms. The van der Waals surface area contributed by atoms with Crippen LogP contribution in [0.3, 0.4) is 0 Å². The molecule has 0 saturated heterocycles. The van der Waals surface area contributed by atoms with Crippen molar-refractivity contribution in [3.8, 4) is 0 Å². The number of hydrogen-bond acceptors (Lipinski definition) is 3. The molecule has 0 spiro atoms. The van der Waals surface area contributed by atoms with E-state index in [-0.39, 0.29) is 6.54 Å². The highest BCUT2D eigenvalue weighted by molar-refractivity contribution is 5.79. The van der Waals surface area contributed by atoms with Gasteiger partial charge in [-0.2, -0.15) is 0 Å². The Hall–Kier alpha value is -2.17. The number of nitrogens with one attached hydrogen (secondary N) is 1. The Kier molecular flexibility index (Phi) is 7.16. The summed E-state index contributed by atoms with van der Waals surface area (Å²) < 4.78 is 0. The van der Waals surface area contributed by atoms with Crippen LogP contribution >= 0.6 is 0 Å². The van der Waals surface area contributed by atoms with Crippen LogP contribution in [0.5, 0.6) is 0 Å². The van der Waals surface area contributed by atoms with Gasteiger partial charge in [0.25, 0.3) is 0 Å². The van der Waals surface area contributed by atoms with E-state index in [2.05, 4.69) is 5.32 Å². The van der Waals surface area contributed by atoms with Crippen molar-refractivity contribution in [1.82, 2.24) is 5.32 Å². The molecule has 4 nitrogen and oxygen atoms in total. The average Bonchev–Trinajstić information content (AvgIpc) is 2.65. The summed E-state index contributed by atoms with van der Waals surface area (Å²) in [6.07, 6.45) is 1.91. The fourth-order valence-electron chi connectivity index (χ4n) is 3.01. The molecule has 0 aliphatic heterocycles. The number of β-amino-alcohol motifs (C(OH)–C–C–N with tert-alkyl or cyclic N) is 1. The second-order valence-corrected chi connectivity index (χ2v) is 6.46. The van der Waals surface area contributed by atoms with Crippen LogP contribution < -0.4 is 5.32 Å². The quantitative estimate of drug-likeness (QED) is 0.618. The number of aliphatic hydroxyl groups excluding tert-OH is 1. The lowest BCUT2D eigenvalue weighted by molar-refractivity contribution is -0.145. The molecule has 0 aromatic heterocycles. The summed E-state index contributed by atoms with van der Waals surface area (Å²) in [5, 5.41) is 23.5. The maximum absolute atomic E-state index is 12.1. The van der Waals surface area contributed by atoms with Crippen LogP contribution in [0.15, 0.2) is 60.7 Å². The van der Waals surface area contributed by atoms with Crippen LogP contribution in [0.25, 0.3) is 0 Å². The van der Waals surface area contributed by atoms with E-state index in [4.69, 9.17) is 0 Å². The third-order valence-electron chi connectivity index (χ3n) is 4.53. The Bertz CT molecular complexity index is 645. The van der Waals surface area contributed by atoms with Gasteiger partial charge in [-0.05, 0) is 17.5 Å². The molecule has 0 aliphatic carbocycles. The summed E-state index contributed by atoms with van der Waals surface area (Å²) >= 11 is 0. The molecule has 0 fully saturated rings. The average molecular weight is 341 g/mol. The molecule has 3 N–H and O–H groups in total. The van der Waals surface area contributed by atoms with Gasteiger partial charge < -0.3 is 10.2 Å². The van der Waals surface area contributed by atoms with Gasteiger partial charge in [0.15, 0.2) is 0 Å². The summed E-state index contributed by atoms with van der Waals surface area (Å²) in [5.41, 5.74) is 0.680. The van der Waals surface area contributed by atoms with E-state index in [1.165, 1.54) is 0 Å². The SMILES string of the molecule is CCCCC(Cc1ccccc1)(NCC(O)c1ccccc1)C(=O)O. The van der Waals surface area contributed by atoms with Gasteiger partial charge >= 0.3 is 5.97 Å². The Balaban J connectivity index is 2.16. The summed E-state index contributed by atoms with van der Waals surface area (Å²) in [5.74, 6) is -0.870. The predicted molar refractivity (Wildman–Crippen MR) is 99.4 cm³/mol. The minimum Gasteiger partial charge on any atom is -0.480 e. The Labute approximate surface area is 149 Å². The molecule has 4 heteroatoms. The standard InChI is InChI=1S/C21H27NO3/c1-2-3-14-21(20(24)25,15-17-10-6-4-7-11-17)22-16-19(23)18-12-8-5-9-13-18/h4-13,19,22-23H,2-3,14-16H2,1H3,(H,24,25). The van der Waals surface area contributed by atoms with E-state index < -0.39 is 17.6 Å². The van der Waals surface area contributed by atoms with Gasteiger partial charge in [0.2, 0.25) is 0 Å². The molecular weight excluding hydrogens is 314 g/mol. The number of carboxylic acids is 1. The van der Waals surface area contributed by atoms with Crippen molar-refractivity contribution in [3.63, 3.8) is 0 Å². The third kappa shape index (κ3) is 5.41. The van der Waals surface area contributed by atoms with Gasteiger partial charge in [-0.25, -0.2) is 0 Å². The van der Waals surface area contributed by atoms with E-state index in [1.54, 1.807) is 0 Å². The van der Waals surface area contributed by atoms with Crippen molar-refractivity contribution in [3.05, 3.63) is 71.8 Å². The maximum atomic E-state index is 12.1. The molecule has 2 unspecified atom stereocenters. The molecule has 0 radical (unpaired) electrons. The summed E-state index contributed by atoms with van der Waals surface area (Å²) in [6.45, 7) is 2.25. The molecular formula is C21H27NO3. The van der Waals surface area contributed by atoms with E-state index in [0.29, 0.717) is 12.8 Å². The zero-order chi connectivity index (χ0) is 18.1. The van der Waals surface area contributed by atoms with Crippen LogP contribution in [0.4, 0.5) is 0 Å². The molecule has 0 amide bonds. The minimum atomic E-state index is -1.08. The molecule has 0 aliphatic rings. The molecule has 2 rings (SSSR count). The highest BCUT2D eigenvalue weighted by atomic mass is 16.4. The highest BCUT2D eigenvalue weighted by Gasteiger charge is 2.38. The predicted octanol–water partition coefficient (Wildman–Crippen LogP) is 3.57. The highest BCUT2D eigenvalue weighted by Crippen LogP contribution is 2.23. The van der Waals surface area contributed by atoms with Gasteiger partial charge in [0, 0.05) is 13.0 Å². The van der Waals surface area contributed by atoms with Crippen molar-refractivity contribution in [1.29, 1.82) is 0 Å². The first-order chi connectivity index (χ1) is 12.1. The minimum absolute atomic E-state index is 0.201. The molecule has 0 bridgehead atoms. The number of unbranched alkanes of at least 4 members (excludes halogenated alkanes) is 1. The maximum Gasteiger partial charge on any atom is 0.324 e. The van der Waals surface area contributed by atoms with Crippen molar-refractivity contribution < 1.29 is 15.0 Å². The topological polar surface area (TPSA) is 69.6 Å². The second kappa shape index (κ2) is 9.35. The molecule has 0 saturated carbocycles. The normalized spacial score (nSPS) is 14.6. The zero-order valence-electron chi connectivity index (χ0n) is 14.7. The van der Waals surface area contributed by atoms with Gasteiger partial charge in [0.05, 0.1) is 6.10 Å². The van der Waals surface area contributed by atoms with Crippen molar-refractivity contribution in [2.75, 3.05) is 6.54 Å². The fourth-order valence-corrected chi connectivity index (χ4v) is 3.01. The van der Waals surface area contributed by atoms with E-state index in [0.717, 1.165) is 24.0 Å². The monoisotopic (exact) mass is 341 g/mol. The lowest BCUT2D eigenvalue weighted by Crippen LogP contribution is -2.55. The molecule has 2 atom stereocenters. The lowest BCUT2D eigenvalue weighted by atomic mass is 9.85. The van der Waals surface area contributed by atoms with Gasteiger partial charge in [-0.15, -0.1) is 0 Å². The molecule has 2 aromatic carbocycles. The van der Waals surface area contributed by atoms with Crippen molar-refractivity contribution >= 4 is 5.97 Å². The number of carbonyl (C=O) groups is 1. The second-order valence-electron chi connectivity index (χ2n) is 6.46. The largest absolute Gasteiger partial charge is 0.480 e. The number of rotatable bonds is 10. The number of aliphatic carboxylic acids is 1. The van der Waals surface area contributed by atoms with Crippen molar-refractivity contribution in [2.45, 2.75) is 44.2 Å². The van der Waals surface area contributed by atoms with Crippen molar-refractivity contribution in [2.24, 2.45) is 0 Å². The van der Waals surface area contributed by atoms with Gasteiger partial charge in [-0.3, -0.25) is 10.1 Å². The van der Waals surface area contributed by atoms with E-state index in [9.17, 15) is 15.0 Å². The molecule has 134 valence electrons. The molecule has 0 heterocycles. The van der Waals surface area contributed by atoms with Crippen LogP contribution in [0.1, 0.15) is 43.4 Å². The summed E-state index contributed by atoms with van der Waals surface area (Å²) in [7, 11) is 0. The van der Waals surface area contributed by atoms with Crippen LogP contribution in [-0.4, -0.2) is 28.3 Å². The third-order valence-corrected chi connectivity index (χ3v) is 4.53. The number of aliphatic hydroxyl groups is 1. The lowest BCUT2D eigenvalue weighted by Gasteiger charge is -2.32. The van der Waals surface area contributed by atoms with Gasteiger partial charge in [0.1, 0.15) is 5.54 Å². The number of benzene rings is 2. The van der Waals surface area contributed by atoms with E-state index >= 15 is 0 Å². The smallest absolute Gasteiger partial charge is 0.324 e. The van der Waals surface area contributed by atoms with Gasteiger partial charge in [-0.1, -0.05) is 80.4 Å². The number of carboxylic acid groups (broad SMARTS) is 1. The van der Waals surface area contributed by atoms with Crippen LogP contribution in [0, 0.1) is 0 Å². The first-order valence-electron chi connectivity index (χ1n) is 8.83. The first kappa shape index (κ1) is 19.2. The Morgan fingerprint density at radius 1 is 1.08 bits per heavy atom. The first-order valence-corrected chi connectivity index (χ1v) is 8.83. The molecule has 2 aromatic rings. The van der Waals surface area contributed by atoms with Crippen LogP contribution in [0.2, 0.25) is 0 Å². The van der Waals surface area contributed by atoms with E-state index in [1.807, 2.05) is 67.6 Å². The zero-order valence-corrected chi connectivity index (χ0v) is 14.7. The summed E-state index contributed by atoms with van der Waals surface area (Å²) in [4.78, 5) is 12.1. The Morgan fingerprint density at radius 2 is 1.68 bits per heavy atom. The number of hydrogen-bond donors (Lipinski definition) is 3. The Morgan fingerprint density at radius 3 is 2.24 bits per heavy atom. The summed E-state index contributed by atoms with van der Waals surface area (Å²) in [6, 6.07) is 19.0. The van der Waals surface area contributed by atoms with Crippen LogP contribution in [-0.2, 0) is 11.2 Å². The fraction of sp³-hybridized carbons (Fsp3) is 0.381.